The molecule has 21 nitrogen and oxygen atoms in total. The lowest BCUT2D eigenvalue weighted by atomic mass is 9.90. The minimum Gasteiger partial charge on any atom is -0.481 e. The molecule has 0 spiro atoms. The number of rotatable bonds is 12. The third kappa shape index (κ3) is 14.3. The molecule has 6 N–H and O–H groups in total. The molecule has 2 atom stereocenters. The van der Waals surface area contributed by atoms with Crippen LogP contribution in [-0.2, 0) is 9.59 Å². The van der Waals surface area contributed by atoms with Gasteiger partial charge in [-0.3, -0.25) is 40.0 Å². The van der Waals surface area contributed by atoms with E-state index in [0.717, 1.165) is 129 Å². The van der Waals surface area contributed by atoms with E-state index in [1.807, 2.05) is 37.9 Å². The summed E-state index contributed by atoms with van der Waals surface area (Å²) in [6.07, 6.45) is 14.5. The van der Waals surface area contributed by atoms with Crippen LogP contribution in [0.5, 0.6) is 23.0 Å². The van der Waals surface area contributed by atoms with Crippen molar-refractivity contribution in [3.05, 3.63) is 118 Å². The number of amides is 3. The fraction of sp³-hybridized carbons (Fsp3) is 0.414. The quantitative estimate of drug-likeness (QED) is 0.0665. The molecule has 3 amide bonds. The number of benzene rings is 2. The molecule has 8 aromatic rings. The van der Waals surface area contributed by atoms with Crippen molar-refractivity contribution in [3.63, 3.8) is 0 Å². The first-order valence-corrected chi connectivity index (χ1v) is 29.2. The molecule has 424 valence electrons. The molecule has 10 heterocycles. The van der Waals surface area contributed by atoms with Gasteiger partial charge in [0.1, 0.15) is 23.0 Å². The summed E-state index contributed by atoms with van der Waals surface area (Å²) in [6.45, 7) is 11.1. The molecule has 23 heteroatoms. The van der Waals surface area contributed by atoms with Gasteiger partial charge in [0.05, 0.1) is 28.1 Å². The number of pyridine rings is 2. The van der Waals surface area contributed by atoms with Gasteiger partial charge in [0.25, 0.3) is 11.8 Å². The number of hydrogen-bond acceptors (Lipinski definition) is 17. The fourth-order valence-corrected chi connectivity index (χ4v) is 12.0. The Bertz CT molecular complexity index is 3430. The number of fused-ring (bicyclic) bond motifs is 2. The molecule has 4 fully saturated rings. The van der Waals surface area contributed by atoms with Crippen LogP contribution in [0.4, 0.5) is 10.3 Å². The van der Waals surface area contributed by atoms with E-state index < -0.39 is 5.97 Å². The highest BCUT2D eigenvalue weighted by atomic mass is 32.1. The highest BCUT2D eigenvalue weighted by Gasteiger charge is 2.33. The van der Waals surface area contributed by atoms with Gasteiger partial charge in [0.2, 0.25) is 5.91 Å². The number of nitrogens with zero attached hydrogens (tertiary/aromatic N) is 9. The lowest BCUT2D eigenvalue weighted by molar-refractivity contribution is -0.143. The third-order valence-corrected chi connectivity index (χ3v) is 16.9. The Kier molecular flexibility index (Phi) is 18.3. The number of aryl methyl sites for hydroxylation is 2. The number of piperidine rings is 4. The molecule has 12 rings (SSSR count). The molecule has 0 saturated carbocycles. The SMILES string of the molecule is CN1CCC(C(=O)O)CC1.Cc1cnc(NC(=O)c2ccc(Oc3ccnc4n[nH]c(C5CCCN(C(=O)C6CCN(C)CC6)C5)c34)cc2)s1.Cc1cnc(NC(=O)c2ccc(Oc3ccnc4n[nH]c(C5CCCNC5)c34)cc2)s1. The first-order chi connectivity index (χ1) is 39.3. The topological polar surface area (TPSA) is 262 Å². The van der Waals surface area contributed by atoms with Crippen molar-refractivity contribution in [2.75, 3.05) is 77.1 Å². The highest BCUT2D eigenvalue weighted by molar-refractivity contribution is 7.16. The van der Waals surface area contributed by atoms with Crippen LogP contribution in [0, 0.1) is 25.7 Å². The second-order valence-corrected chi connectivity index (χ2v) is 23.6. The van der Waals surface area contributed by atoms with Crippen molar-refractivity contribution >= 4 is 78.7 Å². The van der Waals surface area contributed by atoms with E-state index in [9.17, 15) is 19.2 Å². The van der Waals surface area contributed by atoms with Crippen molar-refractivity contribution in [1.82, 2.24) is 60.3 Å². The van der Waals surface area contributed by atoms with Gasteiger partial charge in [-0.1, -0.05) is 0 Å². The van der Waals surface area contributed by atoms with Crippen LogP contribution >= 0.6 is 22.7 Å². The first-order valence-electron chi connectivity index (χ1n) is 27.6. The maximum atomic E-state index is 13.3. The summed E-state index contributed by atoms with van der Waals surface area (Å²) < 4.78 is 12.5. The number of nitrogens with one attached hydrogen (secondary N) is 5. The average molecular weight is 1140 g/mol. The van der Waals surface area contributed by atoms with Crippen molar-refractivity contribution < 1.29 is 33.8 Å². The normalized spacial score (nSPS) is 18.3. The first kappa shape index (κ1) is 56.6. The standard InChI is InChI=1S/C29H33N7O3S.C22H22N6O2S.C7H13NO2/c1-18-16-31-29(40-18)32-27(37)19-5-7-22(8-6-19)39-23-9-12-30-26-24(23)25(33-34-26)21-4-3-13-36(17-21)28(38)20-10-14-35(2)15-11-20;1-13-11-25-22(31-13)26-21(29)14-4-6-16(7-5-14)30-17-8-10-24-20-18(17)19(27-28-20)15-3-2-9-23-12-15;1-8-4-2-6(3-5-8)7(9)10/h5-9,12,16,20-21H,3-4,10-11,13-15,17H2,1-2H3,(H,30,33,34)(H,31,32,37);4-8,10-11,15,23H,2-3,9,12H2,1H3,(H,24,27,28)(H,25,26,29);6H,2-5H2,1H3,(H,9,10). The summed E-state index contributed by atoms with van der Waals surface area (Å²) in [7, 11) is 4.14. The number of aliphatic carboxylic acids is 1. The van der Waals surface area contributed by atoms with Crippen LogP contribution in [0.2, 0.25) is 0 Å². The van der Waals surface area contributed by atoms with Crippen LogP contribution in [-0.4, -0.2) is 150 Å². The number of carbonyl (C=O) groups is 4. The van der Waals surface area contributed by atoms with Crippen molar-refractivity contribution in [2.24, 2.45) is 11.8 Å². The van der Waals surface area contributed by atoms with E-state index in [2.05, 4.69) is 73.1 Å². The number of thiazole rings is 2. The number of likely N-dealkylation sites (tertiary alicyclic amines) is 3. The maximum Gasteiger partial charge on any atom is 0.306 e. The molecule has 2 unspecified atom stereocenters. The monoisotopic (exact) mass is 1140 g/mol. The Labute approximate surface area is 477 Å². The van der Waals surface area contributed by atoms with E-state index in [-0.39, 0.29) is 35.5 Å². The Morgan fingerprint density at radius 1 is 0.605 bits per heavy atom. The highest BCUT2D eigenvalue weighted by Crippen LogP contribution is 2.39. The molecule has 4 aliphatic rings. The summed E-state index contributed by atoms with van der Waals surface area (Å²) in [5, 5.41) is 35.8. The molecule has 2 aromatic carbocycles. The molecular weight excluding hydrogens is 1070 g/mol. The average Bonchev–Trinajstić information content (AvgIpc) is 4.36. The minimum atomic E-state index is -0.631. The van der Waals surface area contributed by atoms with Crippen LogP contribution in [0.15, 0.2) is 85.5 Å². The van der Waals surface area contributed by atoms with E-state index in [1.165, 1.54) is 22.7 Å². The van der Waals surface area contributed by atoms with E-state index >= 15 is 0 Å². The number of aromatic amines is 2. The summed E-state index contributed by atoms with van der Waals surface area (Å²) in [5.74, 6) is 2.33. The van der Waals surface area contributed by atoms with Gasteiger partial charge >= 0.3 is 5.97 Å². The molecule has 0 aliphatic carbocycles. The Hall–Kier alpha value is -7.70. The fourth-order valence-electron chi connectivity index (χ4n) is 10.7. The number of aromatic nitrogens is 8. The summed E-state index contributed by atoms with van der Waals surface area (Å²) in [6, 6.07) is 17.7. The van der Waals surface area contributed by atoms with E-state index in [0.29, 0.717) is 68.1 Å². The molecule has 6 aromatic heterocycles. The van der Waals surface area contributed by atoms with Crippen molar-refractivity contribution in [2.45, 2.75) is 77.0 Å². The minimum absolute atomic E-state index is 0.0869. The van der Waals surface area contributed by atoms with Gasteiger partial charge in [0, 0.05) is 83.1 Å². The third-order valence-electron chi connectivity index (χ3n) is 15.2. The zero-order valence-electron chi connectivity index (χ0n) is 45.9. The smallest absolute Gasteiger partial charge is 0.306 e. The lowest BCUT2D eigenvalue weighted by Gasteiger charge is -2.37. The number of hydrogen-bond donors (Lipinski definition) is 6. The second-order valence-electron chi connectivity index (χ2n) is 21.2. The number of carboxylic acid groups (broad SMARTS) is 1. The van der Waals surface area contributed by atoms with Gasteiger partial charge in [-0.15, -0.1) is 22.7 Å². The maximum absolute atomic E-state index is 13.3. The zero-order chi connectivity index (χ0) is 56.4. The van der Waals surface area contributed by atoms with Gasteiger partial charge in [-0.05, 0) is 173 Å². The molecular formula is C58H68N14O7S2. The van der Waals surface area contributed by atoms with Gasteiger partial charge in [-0.25, -0.2) is 19.9 Å². The van der Waals surface area contributed by atoms with Crippen molar-refractivity contribution in [1.29, 1.82) is 0 Å². The van der Waals surface area contributed by atoms with E-state index in [1.54, 1.807) is 73.3 Å². The molecule has 4 saturated heterocycles. The molecule has 4 aliphatic heterocycles. The van der Waals surface area contributed by atoms with Gasteiger partial charge in [0.15, 0.2) is 21.6 Å². The molecule has 0 bridgehead atoms. The predicted molar refractivity (Wildman–Crippen MR) is 312 cm³/mol. The zero-order valence-corrected chi connectivity index (χ0v) is 47.6. The number of carboxylic acids is 1. The van der Waals surface area contributed by atoms with Crippen LogP contribution in [0.25, 0.3) is 22.1 Å². The summed E-state index contributed by atoms with van der Waals surface area (Å²) in [5.41, 5.74) is 4.29. The Morgan fingerprint density at radius 3 is 1.54 bits per heavy atom. The Balaban J connectivity index is 0.000000159. The molecule has 81 heavy (non-hydrogen) atoms. The predicted octanol–water partition coefficient (Wildman–Crippen LogP) is 9.46. The van der Waals surface area contributed by atoms with Crippen molar-refractivity contribution in [3.8, 4) is 23.0 Å². The Morgan fingerprint density at radius 2 is 1.09 bits per heavy atom. The van der Waals surface area contributed by atoms with Crippen LogP contribution in [0.1, 0.15) is 105 Å². The largest absolute Gasteiger partial charge is 0.481 e. The number of H-pyrrole nitrogens is 2. The van der Waals surface area contributed by atoms with Crippen LogP contribution in [0.3, 0.4) is 0 Å². The van der Waals surface area contributed by atoms with Gasteiger partial charge < -0.3 is 34.6 Å². The second kappa shape index (κ2) is 26.3. The summed E-state index contributed by atoms with van der Waals surface area (Å²) in [4.78, 5) is 74.6. The number of ether oxygens (including phenoxy) is 2. The van der Waals surface area contributed by atoms with E-state index in [4.69, 9.17) is 14.6 Å². The number of carbonyl (C=O) groups excluding carboxylic acids is 3. The summed E-state index contributed by atoms with van der Waals surface area (Å²) >= 11 is 2.88. The lowest BCUT2D eigenvalue weighted by Crippen LogP contribution is -2.45. The van der Waals surface area contributed by atoms with Gasteiger partial charge in [-0.2, -0.15) is 10.2 Å². The number of anilines is 2. The molecule has 0 radical (unpaired) electrons. The van der Waals surface area contributed by atoms with Crippen LogP contribution < -0.4 is 25.4 Å².